The van der Waals surface area contributed by atoms with Gasteiger partial charge in [0, 0.05) is 48.4 Å². The first-order valence-electron chi connectivity index (χ1n) is 25.6. The molecule has 0 unspecified atom stereocenters. The molecule has 73 heavy (non-hydrogen) atoms. The predicted octanol–water partition coefficient (Wildman–Crippen LogP) is 14.2. The van der Waals surface area contributed by atoms with Gasteiger partial charge in [-0.05, 0) is 160 Å². The van der Waals surface area contributed by atoms with Crippen LogP contribution in [0.4, 0.5) is 4.79 Å². The lowest BCUT2D eigenvalue weighted by molar-refractivity contribution is 0.0189. The maximum atomic E-state index is 12.7. The number of aryl methyl sites for hydroxylation is 6. The largest absolute Gasteiger partial charge is 0.444 e. The van der Waals surface area contributed by atoms with Crippen LogP contribution in [-0.2, 0) is 4.74 Å². The SMILES string of the molecule is Cc1ccc(-c2ncn(C3CCN(C(=O)OC(C)(C)C)CC3)c2-c2cccc(Oc3cc(C)cc(C)c3)n2)cc1.Cc1ccc(-c2ncn(C3CCNCC3)c2-c2cccc(Oc3cc(C)cc(C)c3)n2)cc1. The fraction of sp³-hybridized carbons (Fsp3) is 0.328. The van der Waals surface area contributed by atoms with E-state index in [4.69, 9.17) is 34.1 Å². The van der Waals surface area contributed by atoms with E-state index in [-0.39, 0.29) is 12.1 Å². The van der Waals surface area contributed by atoms with Crippen molar-refractivity contribution in [3.05, 3.63) is 167 Å². The molecule has 10 rings (SSSR count). The van der Waals surface area contributed by atoms with Crippen LogP contribution in [0.1, 0.15) is 91.9 Å². The molecule has 12 heteroatoms. The molecule has 0 atom stereocenters. The number of hydrogen-bond donors (Lipinski definition) is 1. The van der Waals surface area contributed by atoms with Gasteiger partial charge < -0.3 is 33.6 Å². The van der Waals surface area contributed by atoms with Gasteiger partial charge in [-0.2, -0.15) is 0 Å². The summed E-state index contributed by atoms with van der Waals surface area (Å²) in [6, 6.07) is 41.8. The lowest BCUT2D eigenvalue weighted by Gasteiger charge is -2.34. The number of rotatable bonds is 10. The van der Waals surface area contributed by atoms with Gasteiger partial charge >= 0.3 is 6.09 Å². The molecular formula is C61H68N8O4. The van der Waals surface area contributed by atoms with Crippen molar-refractivity contribution in [2.24, 2.45) is 0 Å². The normalized spacial score (nSPS) is 14.3. The van der Waals surface area contributed by atoms with Crippen LogP contribution >= 0.6 is 0 Å². The average molecular weight is 977 g/mol. The lowest BCUT2D eigenvalue weighted by atomic mass is 10.0. The summed E-state index contributed by atoms with van der Waals surface area (Å²) in [5.41, 5.74) is 14.2. The second-order valence-electron chi connectivity index (χ2n) is 20.7. The Morgan fingerprint density at radius 1 is 0.534 bits per heavy atom. The zero-order valence-electron chi connectivity index (χ0n) is 43.8. The summed E-state index contributed by atoms with van der Waals surface area (Å²) < 4.78 is 22.5. The molecule has 0 spiro atoms. The Kier molecular flexibility index (Phi) is 15.2. The molecule has 6 heterocycles. The standard InChI is InChI=1S/C33H38N4O3.C28H30N4O/c1-22-10-12-25(13-11-22)30-31(28-8-7-9-29(35-28)39-27-19-23(2)18-24(3)20-27)37(21-34-30)26-14-16-36(17-15-26)32(38)40-33(4,5)6;1-19-7-9-22(10-8-19)27-28(32(18-30-27)23-11-13-29-14-12-23)25-5-4-6-26(31-25)33-24-16-20(2)15-21(3)17-24/h7-13,18-21,26H,14-17H2,1-6H3;4-10,15-18,23,29H,11-14H2,1-3H3. The van der Waals surface area contributed by atoms with Gasteiger partial charge in [-0.1, -0.05) is 83.9 Å². The zero-order valence-corrected chi connectivity index (χ0v) is 43.8. The van der Waals surface area contributed by atoms with E-state index in [1.165, 1.54) is 22.3 Å². The smallest absolute Gasteiger partial charge is 0.410 e. The number of imidazole rings is 2. The molecular weight excluding hydrogens is 909 g/mol. The Hall–Kier alpha value is -7.57. The van der Waals surface area contributed by atoms with E-state index in [0.717, 1.165) is 107 Å². The summed E-state index contributed by atoms with van der Waals surface area (Å²) in [7, 11) is 0. The number of nitrogens with zero attached hydrogens (tertiary/aromatic N) is 7. The molecule has 2 saturated heterocycles. The molecule has 2 aliphatic rings. The van der Waals surface area contributed by atoms with E-state index < -0.39 is 5.60 Å². The van der Waals surface area contributed by atoms with Crippen molar-refractivity contribution in [3.63, 3.8) is 0 Å². The number of hydrogen-bond acceptors (Lipinski definition) is 9. The van der Waals surface area contributed by atoms with Gasteiger partial charge in [0.2, 0.25) is 11.8 Å². The van der Waals surface area contributed by atoms with Gasteiger partial charge in [0.25, 0.3) is 0 Å². The minimum Gasteiger partial charge on any atom is -0.444 e. The molecule has 8 aromatic rings. The van der Waals surface area contributed by atoms with E-state index in [9.17, 15) is 4.79 Å². The maximum Gasteiger partial charge on any atom is 0.410 e. The number of nitrogens with one attached hydrogen (secondary N) is 1. The fourth-order valence-electron chi connectivity index (χ4n) is 9.80. The quantitative estimate of drug-likeness (QED) is 0.143. The monoisotopic (exact) mass is 977 g/mol. The second kappa shape index (κ2) is 22.0. The first kappa shape index (κ1) is 50.4. The Labute approximate surface area is 430 Å². The minimum absolute atomic E-state index is 0.172. The van der Waals surface area contributed by atoms with Gasteiger partial charge in [0.15, 0.2) is 0 Å². The van der Waals surface area contributed by atoms with E-state index in [1.54, 1.807) is 4.90 Å². The van der Waals surface area contributed by atoms with Crippen molar-refractivity contribution in [1.82, 2.24) is 39.3 Å². The molecule has 0 saturated carbocycles. The van der Waals surface area contributed by atoms with Crippen LogP contribution < -0.4 is 14.8 Å². The van der Waals surface area contributed by atoms with Crippen LogP contribution in [0.3, 0.4) is 0 Å². The third kappa shape index (κ3) is 12.6. The summed E-state index contributed by atoms with van der Waals surface area (Å²) >= 11 is 0. The summed E-state index contributed by atoms with van der Waals surface area (Å²) in [6.07, 6.45) is 7.40. The summed E-state index contributed by atoms with van der Waals surface area (Å²) in [5, 5.41) is 3.46. The number of carbonyl (C=O) groups is 1. The molecule has 4 aromatic carbocycles. The summed E-state index contributed by atoms with van der Waals surface area (Å²) in [5.74, 6) is 2.70. The van der Waals surface area contributed by atoms with Crippen molar-refractivity contribution < 1.29 is 19.0 Å². The summed E-state index contributed by atoms with van der Waals surface area (Å²) in [6.45, 7) is 21.4. The van der Waals surface area contributed by atoms with Crippen LogP contribution in [0, 0.1) is 41.5 Å². The summed E-state index contributed by atoms with van der Waals surface area (Å²) in [4.78, 5) is 34.1. The number of ether oxygens (including phenoxy) is 3. The first-order chi connectivity index (χ1) is 35.1. The number of benzene rings is 4. The van der Waals surface area contributed by atoms with E-state index in [0.29, 0.717) is 30.9 Å². The highest BCUT2D eigenvalue weighted by Crippen LogP contribution is 2.38. The van der Waals surface area contributed by atoms with Crippen molar-refractivity contribution in [3.8, 4) is 68.5 Å². The highest BCUT2D eigenvalue weighted by atomic mass is 16.6. The molecule has 0 radical (unpaired) electrons. The van der Waals surface area contributed by atoms with Gasteiger partial charge in [0.05, 0.1) is 46.8 Å². The maximum absolute atomic E-state index is 12.7. The van der Waals surface area contributed by atoms with E-state index >= 15 is 0 Å². The molecule has 1 amide bonds. The van der Waals surface area contributed by atoms with Crippen LogP contribution in [-0.4, -0.2) is 71.8 Å². The molecule has 4 aromatic heterocycles. The van der Waals surface area contributed by atoms with Gasteiger partial charge in [-0.25, -0.2) is 24.7 Å². The number of piperidine rings is 2. The van der Waals surface area contributed by atoms with Crippen molar-refractivity contribution in [2.45, 2.75) is 106 Å². The number of carbonyl (C=O) groups excluding carboxylic acids is 1. The molecule has 1 N–H and O–H groups in total. The van der Waals surface area contributed by atoms with Crippen molar-refractivity contribution >= 4 is 6.09 Å². The van der Waals surface area contributed by atoms with Crippen LogP contribution in [0.15, 0.2) is 134 Å². The molecule has 12 nitrogen and oxygen atoms in total. The van der Waals surface area contributed by atoms with Gasteiger partial charge in [-0.15, -0.1) is 0 Å². The molecule has 0 bridgehead atoms. The molecule has 2 fully saturated rings. The van der Waals surface area contributed by atoms with Gasteiger partial charge in [0.1, 0.15) is 17.1 Å². The highest BCUT2D eigenvalue weighted by molar-refractivity contribution is 5.78. The molecule has 0 aliphatic carbocycles. The predicted molar refractivity (Wildman–Crippen MR) is 290 cm³/mol. The van der Waals surface area contributed by atoms with Crippen LogP contribution in [0.5, 0.6) is 23.3 Å². The lowest BCUT2D eigenvalue weighted by Crippen LogP contribution is -2.42. The topological polar surface area (TPSA) is 121 Å². The number of amides is 1. The number of likely N-dealkylation sites (tertiary alicyclic amines) is 1. The fourth-order valence-corrected chi connectivity index (χ4v) is 9.80. The Morgan fingerprint density at radius 2 is 0.945 bits per heavy atom. The average Bonchev–Trinajstić information content (AvgIpc) is 4.01. The third-order valence-electron chi connectivity index (χ3n) is 13.2. The third-order valence-corrected chi connectivity index (χ3v) is 13.2. The van der Waals surface area contributed by atoms with E-state index in [1.807, 2.05) is 88.0 Å². The van der Waals surface area contributed by atoms with Gasteiger partial charge in [-0.3, -0.25) is 0 Å². The van der Waals surface area contributed by atoms with E-state index in [2.05, 4.69) is 123 Å². The Morgan fingerprint density at radius 3 is 1.36 bits per heavy atom. The first-order valence-corrected chi connectivity index (χ1v) is 25.6. The number of pyridine rings is 2. The molecule has 2 aliphatic heterocycles. The van der Waals surface area contributed by atoms with Crippen LogP contribution in [0.2, 0.25) is 0 Å². The zero-order chi connectivity index (χ0) is 51.2. The Bertz CT molecular complexity index is 3130. The second-order valence-corrected chi connectivity index (χ2v) is 20.7. The van der Waals surface area contributed by atoms with Crippen molar-refractivity contribution in [1.29, 1.82) is 0 Å². The van der Waals surface area contributed by atoms with Crippen molar-refractivity contribution in [2.75, 3.05) is 26.2 Å². The van der Waals surface area contributed by atoms with Crippen LogP contribution in [0.25, 0.3) is 45.3 Å². The minimum atomic E-state index is -0.510. The number of aromatic nitrogens is 6. The Balaban J connectivity index is 0.000000183. The molecule has 376 valence electrons. The highest BCUT2D eigenvalue weighted by Gasteiger charge is 2.30.